The second-order valence-electron chi connectivity index (χ2n) is 10.6. The topological polar surface area (TPSA) is 87.9 Å². The van der Waals surface area contributed by atoms with Crippen LogP contribution in [0.1, 0.15) is 60.9 Å². The van der Waals surface area contributed by atoms with Crippen LogP contribution in [0.25, 0.3) is 0 Å². The average molecular weight is 501 g/mol. The van der Waals surface area contributed by atoms with E-state index in [0.717, 1.165) is 76.8 Å². The second kappa shape index (κ2) is 10.8. The van der Waals surface area contributed by atoms with Crippen LogP contribution in [0.15, 0.2) is 18.2 Å². The summed E-state index contributed by atoms with van der Waals surface area (Å²) in [5.41, 5.74) is 7.92. The zero-order valence-corrected chi connectivity index (χ0v) is 21.2. The van der Waals surface area contributed by atoms with Gasteiger partial charge in [0, 0.05) is 57.2 Å². The summed E-state index contributed by atoms with van der Waals surface area (Å²) in [6, 6.07) is 1.78. The Morgan fingerprint density at radius 2 is 1.89 bits per heavy atom. The number of hydrogen-bond acceptors (Lipinski definition) is 5. The average Bonchev–Trinajstić information content (AvgIpc) is 3.56. The highest BCUT2D eigenvalue weighted by Gasteiger charge is 2.30. The summed E-state index contributed by atoms with van der Waals surface area (Å²) >= 11 is 6.27. The third-order valence-corrected chi connectivity index (χ3v) is 8.48. The monoisotopic (exact) mass is 500 g/mol. The second-order valence-corrected chi connectivity index (χ2v) is 11.0. The highest BCUT2D eigenvalue weighted by Crippen LogP contribution is 2.38. The van der Waals surface area contributed by atoms with Crippen LogP contribution in [0.2, 0.25) is 5.02 Å². The number of piperidine rings is 2. The van der Waals surface area contributed by atoms with E-state index < -0.39 is 0 Å². The number of nitrogens with zero attached hydrogens (tertiary/aromatic N) is 2. The van der Waals surface area contributed by atoms with E-state index in [1.807, 2.05) is 0 Å². The van der Waals surface area contributed by atoms with Crippen LogP contribution < -0.4 is 15.8 Å². The van der Waals surface area contributed by atoms with Gasteiger partial charge in [-0.05, 0) is 56.4 Å². The predicted octanol–water partition coefficient (Wildman–Crippen LogP) is 3.65. The number of carbonyl (C=O) groups is 2. The number of nitrogens with two attached hydrogens (primary N) is 1. The van der Waals surface area contributed by atoms with Gasteiger partial charge in [-0.15, -0.1) is 0 Å². The van der Waals surface area contributed by atoms with Crippen molar-refractivity contribution in [2.75, 3.05) is 45.1 Å². The summed E-state index contributed by atoms with van der Waals surface area (Å²) in [5, 5.41) is 3.60. The van der Waals surface area contributed by atoms with E-state index in [9.17, 15) is 9.59 Å². The first-order valence-corrected chi connectivity index (χ1v) is 13.6. The van der Waals surface area contributed by atoms with E-state index in [0.29, 0.717) is 59.2 Å². The number of allylic oxidation sites excluding steroid dienone is 2. The van der Waals surface area contributed by atoms with Crippen LogP contribution >= 0.6 is 11.6 Å². The van der Waals surface area contributed by atoms with E-state index in [-0.39, 0.29) is 11.9 Å². The van der Waals surface area contributed by atoms with Crippen molar-refractivity contribution in [2.24, 2.45) is 11.8 Å². The number of amides is 2. The van der Waals surface area contributed by atoms with Gasteiger partial charge in [-0.25, -0.2) is 0 Å². The molecule has 2 fully saturated rings. The number of anilines is 1. The maximum atomic E-state index is 13.0. The van der Waals surface area contributed by atoms with Crippen LogP contribution in [0, 0.1) is 11.8 Å². The van der Waals surface area contributed by atoms with E-state index in [2.05, 4.69) is 27.3 Å². The van der Waals surface area contributed by atoms with Crippen molar-refractivity contribution >= 4 is 29.1 Å². The molecule has 0 aromatic heterocycles. The lowest BCUT2D eigenvalue weighted by atomic mass is 9.94. The Morgan fingerprint density at radius 3 is 2.60 bits per heavy atom. The number of hydrogen-bond donors (Lipinski definition) is 2. The number of benzene rings is 1. The quantitative estimate of drug-likeness (QED) is 0.460. The normalized spacial score (nSPS) is 23.3. The molecule has 0 radical (unpaired) electrons. The summed E-state index contributed by atoms with van der Waals surface area (Å²) in [5.74, 6) is 1.88. The van der Waals surface area contributed by atoms with Crippen molar-refractivity contribution < 1.29 is 14.3 Å². The predicted molar refractivity (Wildman–Crippen MR) is 138 cm³/mol. The molecule has 0 bridgehead atoms. The molecule has 3 heterocycles. The molecule has 1 aromatic carbocycles. The molecule has 3 N–H and O–H groups in total. The summed E-state index contributed by atoms with van der Waals surface area (Å²) < 4.78 is 5.70. The lowest BCUT2D eigenvalue weighted by Crippen LogP contribution is -2.47. The highest BCUT2D eigenvalue weighted by molar-refractivity contribution is 6.33. The van der Waals surface area contributed by atoms with Crippen molar-refractivity contribution in [3.05, 3.63) is 34.4 Å². The Kier molecular flexibility index (Phi) is 7.54. The van der Waals surface area contributed by atoms with Gasteiger partial charge >= 0.3 is 0 Å². The lowest BCUT2D eigenvalue weighted by molar-refractivity contribution is -0.133. The molecule has 2 amide bonds. The third-order valence-electron chi connectivity index (χ3n) is 8.17. The fourth-order valence-corrected chi connectivity index (χ4v) is 6.23. The van der Waals surface area contributed by atoms with Crippen LogP contribution in [0.5, 0.6) is 5.75 Å². The SMILES string of the molecule is Nc1c(Cl)cc(C(=O)NC2CCN(CC3CCN(C(=O)CC4C=CCC4)CC3)CC2)c2c1CCO2. The maximum Gasteiger partial charge on any atom is 0.255 e. The third kappa shape index (κ3) is 5.61. The molecule has 0 spiro atoms. The molecular formula is C27H37ClN4O3. The summed E-state index contributed by atoms with van der Waals surface area (Å²) in [6.07, 6.45) is 12.1. The van der Waals surface area contributed by atoms with Crippen molar-refractivity contribution in [1.29, 1.82) is 0 Å². The van der Waals surface area contributed by atoms with Gasteiger partial charge in [0.1, 0.15) is 5.75 Å². The van der Waals surface area contributed by atoms with Gasteiger partial charge < -0.3 is 25.6 Å². The molecule has 1 unspecified atom stereocenters. The molecule has 35 heavy (non-hydrogen) atoms. The van der Waals surface area contributed by atoms with E-state index >= 15 is 0 Å². The number of rotatable bonds is 6. The Balaban J connectivity index is 1.05. The summed E-state index contributed by atoms with van der Waals surface area (Å²) in [7, 11) is 0. The van der Waals surface area contributed by atoms with Gasteiger partial charge in [0.15, 0.2) is 0 Å². The molecule has 2 saturated heterocycles. The Morgan fingerprint density at radius 1 is 1.11 bits per heavy atom. The number of nitrogen functional groups attached to an aromatic ring is 1. The summed E-state index contributed by atoms with van der Waals surface area (Å²) in [6.45, 7) is 5.36. The first-order chi connectivity index (χ1) is 17.0. The highest BCUT2D eigenvalue weighted by atomic mass is 35.5. The fraction of sp³-hybridized carbons (Fsp3) is 0.630. The number of nitrogens with one attached hydrogen (secondary N) is 1. The lowest BCUT2D eigenvalue weighted by Gasteiger charge is -2.38. The van der Waals surface area contributed by atoms with Gasteiger partial charge in [-0.3, -0.25) is 9.59 Å². The summed E-state index contributed by atoms with van der Waals surface area (Å²) in [4.78, 5) is 30.2. The fourth-order valence-electron chi connectivity index (χ4n) is 6.01. The number of carbonyl (C=O) groups excluding carboxylic acids is 2. The number of halogens is 1. The molecule has 7 nitrogen and oxygen atoms in total. The molecule has 3 aliphatic heterocycles. The molecule has 4 aliphatic rings. The zero-order chi connectivity index (χ0) is 24.4. The molecule has 8 heteroatoms. The maximum absolute atomic E-state index is 13.0. The number of ether oxygens (including phenoxy) is 1. The molecule has 1 aliphatic carbocycles. The minimum Gasteiger partial charge on any atom is -0.492 e. The van der Waals surface area contributed by atoms with E-state index in [1.54, 1.807) is 6.07 Å². The van der Waals surface area contributed by atoms with Crippen LogP contribution in [0.3, 0.4) is 0 Å². The van der Waals surface area contributed by atoms with E-state index in [4.69, 9.17) is 22.1 Å². The zero-order valence-electron chi connectivity index (χ0n) is 20.4. The van der Waals surface area contributed by atoms with Crippen LogP contribution in [0.4, 0.5) is 5.69 Å². The van der Waals surface area contributed by atoms with Crippen molar-refractivity contribution in [2.45, 2.75) is 57.4 Å². The van der Waals surface area contributed by atoms with Gasteiger partial charge in [0.05, 0.1) is 22.9 Å². The molecule has 190 valence electrons. The first-order valence-electron chi connectivity index (χ1n) is 13.2. The Hall–Kier alpha value is -2.25. The smallest absolute Gasteiger partial charge is 0.255 e. The molecular weight excluding hydrogens is 464 g/mol. The van der Waals surface area contributed by atoms with Crippen LogP contribution in [-0.2, 0) is 11.2 Å². The van der Waals surface area contributed by atoms with Crippen LogP contribution in [-0.4, -0.2) is 67.0 Å². The molecule has 1 atom stereocenters. The van der Waals surface area contributed by atoms with Gasteiger partial charge in [0.2, 0.25) is 5.91 Å². The van der Waals surface area contributed by atoms with Crippen molar-refractivity contribution in [1.82, 2.24) is 15.1 Å². The minimum absolute atomic E-state index is 0.131. The largest absolute Gasteiger partial charge is 0.492 e. The van der Waals surface area contributed by atoms with E-state index in [1.165, 1.54) is 0 Å². The van der Waals surface area contributed by atoms with Gasteiger partial charge in [-0.1, -0.05) is 23.8 Å². The minimum atomic E-state index is -0.131. The van der Waals surface area contributed by atoms with Crippen molar-refractivity contribution in [3.8, 4) is 5.75 Å². The Labute approximate surface area is 213 Å². The number of fused-ring (bicyclic) bond motifs is 1. The number of likely N-dealkylation sites (tertiary alicyclic amines) is 2. The molecule has 1 aromatic rings. The van der Waals surface area contributed by atoms with Gasteiger partial charge in [-0.2, -0.15) is 0 Å². The first kappa shape index (κ1) is 24.4. The van der Waals surface area contributed by atoms with Gasteiger partial charge in [0.25, 0.3) is 5.91 Å². The molecule has 5 rings (SSSR count). The standard InChI is InChI=1S/C27H37ClN4O3/c28-23-16-22(26-21(25(23)29)9-14-35-26)27(34)30-20-7-10-31(11-8-20)17-19-5-12-32(13-6-19)24(33)15-18-3-1-2-4-18/h1,3,16,18-20H,2,4-15,17,29H2,(H,30,34). The van der Waals surface area contributed by atoms with Crippen molar-refractivity contribution in [3.63, 3.8) is 0 Å². The molecule has 0 saturated carbocycles. The Bertz CT molecular complexity index is 981.